The largest absolute Gasteiger partial charge is 0.311 e. The van der Waals surface area contributed by atoms with Crippen molar-refractivity contribution in [3.8, 4) is 0 Å². The second kappa shape index (κ2) is 6.72. The molecule has 1 N–H and O–H groups in total. The van der Waals surface area contributed by atoms with Crippen molar-refractivity contribution in [2.75, 3.05) is 19.6 Å². The quantitative estimate of drug-likeness (QED) is 0.897. The van der Waals surface area contributed by atoms with Crippen LogP contribution in [0, 0.1) is 5.41 Å². The van der Waals surface area contributed by atoms with Crippen molar-refractivity contribution in [2.45, 2.75) is 59.2 Å². The van der Waals surface area contributed by atoms with Gasteiger partial charge in [0.2, 0.25) is 0 Å². The summed E-state index contributed by atoms with van der Waals surface area (Å²) in [6, 6.07) is 3.25. The van der Waals surface area contributed by atoms with Gasteiger partial charge in [0.05, 0.1) is 6.54 Å². The highest BCUT2D eigenvalue weighted by atomic mass is 15.3. The minimum atomic E-state index is 0.321. The van der Waals surface area contributed by atoms with E-state index in [1.807, 2.05) is 16.9 Å². The van der Waals surface area contributed by atoms with Crippen molar-refractivity contribution in [1.29, 1.82) is 0 Å². The van der Waals surface area contributed by atoms with Crippen molar-refractivity contribution in [3.63, 3.8) is 0 Å². The van der Waals surface area contributed by atoms with Gasteiger partial charge >= 0.3 is 0 Å². The Kier molecular flexibility index (Phi) is 5.22. The summed E-state index contributed by atoms with van der Waals surface area (Å²) in [7, 11) is 0. The Hall–Kier alpha value is -0.870. The zero-order chi connectivity index (χ0) is 14.6. The molecule has 0 spiro atoms. The molecule has 1 aromatic rings. The van der Waals surface area contributed by atoms with E-state index >= 15 is 0 Å². The van der Waals surface area contributed by atoms with E-state index in [0.29, 0.717) is 17.5 Å². The molecule has 0 aliphatic carbocycles. The number of piperazine rings is 1. The molecular weight excluding hydrogens is 248 g/mol. The van der Waals surface area contributed by atoms with Gasteiger partial charge < -0.3 is 5.32 Å². The summed E-state index contributed by atoms with van der Waals surface area (Å²) in [5.74, 6) is 0. The molecule has 2 rings (SSSR count). The summed E-state index contributed by atoms with van der Waals surface area (Å²) in [5.41, 5.74) is 0.321. The van der Waals surface area contributed by atoms with Crippen LogP contribution < -0.4 is 5.32 Å². The highest BCUT2D eigenvalue weighted by molar-refractivity contribution is 4.92. The predicted octanol–water partition coefficient (Wildman–Crippen LogP) is 2.37. The molecule has 0 bridgehead atoms. The summed E-state index contributed by atoms with van der Waals surface area (Å²) >= 11 is 0. The zero-order valence-electron chi connectivity index (χ0n) is 13.5. The average molecular weight is 278 g/mol. The van der Waals surface area contributed by atoms with Crippen LogP contribution in [0.25, 0.3) is 0 Å². The molecule has 0 amide bonds. The smallest absolute Gasteiger partial charge is 0.0536 e. The summed E-state index contributed by atoms with van der Waals surface area (Å²) < 4.78 is 2.04. The number of nitrogens with one attached hydrogen (secondary N) is 1. The maximum absolute atomic E-state index is 4.31. The molecule has 0 aromatic carbocycles. The van der Waals surface area contributed by atoms with Gasteiger partial charge in [-0.1, -0.05) is 34.1 Å². The lowest BCUT2D eigenvalue weighted by Crippen LogP contribution is -2.60. The van der Waals surface area contributed by atoms with Crippen LogP contribution in [0.3, 0.4) is 0 Å². The third-order valence-electron chi connectivity index (χ3n) is 4.38. The van der Waals surface area contributed by atoms with Gasteiger partial charge in [-0.2, -0.15) is 5.10 Å². The number of hydrogen-bond donors (Lipinski definition) is 1. The van der Waals surface area contributed by atoms with Crippen LogP contribution >= 0.6 is 0 Å². The molecule has 1 aliphatic rings. The number of hydrogen-bond acceptors (Lipinski definition) is 3. The van der Waals surface area contributed by atoms with Gasteiger partial charge in [-0.15, -0.1) is 0 Å². The summed E-state index contributed by atoms with van der Waals surface area (Å²) in [6.45, 7) is 13.6. The Bertz CT molecular complexity index is 380. The van der Waals surface area contributed by atoms with Gasteiger partial charge in [0, 0.05) is 44.1 Å². The first kappa shape index (κ1) is 15.5. The molecule has 0 radical (unpaired) electrons. The van der Waals surface area contributed by atoms with Gasteiger partial charge in [-0.05, 0) is 17.9 Å². The molecule has 2 heterocycles. The lowest BCUT2D eigenvalue weighted by atomic mass is 9.84. The van der Waals surface area contributed by atoms with E-state index in [4.69, 9.17) is 0 Å². The van der Waals surface area contributed by atoms with E-state index in [2.05, 4.69) is 49.2 Å². The van der Waals surface area contributed by atoms with Crippen LogP contribution in [0.15, 0.2) is 18.5 Å². The van der Waals surface area contributed by atoms with Gasteiger partial charge in [0.15, 0.2) is 0 Å². The van der Waals surface area contributed by atoms with E-state index in [1.165, 1.54) is 12.8 Å². The number of nitrogens with zero attached hydrogens (tertiary/aromatic N) is 3. The Balaban J connectivity index is 1.95. The van der Waals surface area contributed by atoms with Gasteiger partial charge in [-0.3, -0.25) is 9.58 Å². The van der Waals surface area contributed by atoms with E-state index in [9.17, 15) is 0 Å². The van der Waals surface area contributed by atoms with Gasteiger partial charge in [-0.25, -0.2) is 0 Å². The molecular formula is C16H30N4. The minimum absolute atomic E-state index is 0.321. The molecule has 1 fully saturated rings. The standard InChI is InChI=1S/C16H30N4/c1-5-7-14-12-17-15(16(2,3)4)13-19(14)10-11-20-9-6-8-18-20/h6,8-9,14-15,17H,5,7,10-13H2,1-4H3. The molecule has 20 heavy (non-hydrogen) atoms. The van der Waals surface area contributed by atoms with Crippen molar-refractivity contribution in [1.82, 2.24) is 20.0 Å². The molecule has 114 valence electrons. The SMILES string of the molecule is CCCC1CNC(C(C)(C)C)CN1CCn1cccn1. The van der Waals surface area contributed by atoms with E-state index in [1.54, 1.807) is 0 Å². The monoisotopic (exact) mass is 278 g/mol. The molecule has 4 heteroatoms. The maximum Gasteiger partial charge on any atom is 0.0536 e. The van der Waals surface area contributed by atoms with E-state index < -0.39 is 0 Å². The molecule has 0 saturated carbocycles. The number of aromatic nitrogens is 2. The fraction of sp³-hybridized carbons (Fsp3) is 0.812. The first-order chi connectivity index (χ1) is 9.50. The van der Waals surface area contributed by atoms with Crippen LogP contribution in [0.4, 0.5) is 0 Å². The molecule has 1 aliphatic heterocycles. The van der Waals surface area contributed by atoms with Crippen molar-refractivity contribution < 1.29 is 0 Å². The zero-order valence-corrected chi connectivity index (χ0v) is 13.5. The second-order valence-corrected chi connectivity index (χ2v) is 7.03. The normalized spacial score (nSPS) is 25.0. The van der Waals surface area contributed by atoms with Crippen molar-refractivity contribution in [3.05, 3.63) is 18.5 Å². The Morgan fingerprint density at radius 3 is 2.70 bits per heavy atom. The van der Waals surface area contributed by atoms with Crippen LogP contribution in [-0.2, 0) is 6.54 Å². The third kappa shape index (κ3) is 4.06. The van der Waals surface area contributed by atoms with Crippen LogP contribution in [0.1, 0.15) is 40.5 Å². The second-order valence-electron chi connectivity index (χ2n) is 7.03. The fourth-order valence-corrected chi connectivity index (χ4v) is 2.99. The summed E-state index contributed by atoms with van der Waals surface area (Å²) in [4.78, 5) is 2.66. The van der Waals surface area contributed by atoms with Gasteiger partial charge in [0.25, 0.3) is 0 Å². The fourth-order valence-electron chi connectivity index (χ4n) is 2.99. The molecule has 2 atom stereocenters. The highest BCUT2D eigenvalue weighted by Gasteiger charge is 2.33. The first-order valence-electron chi connectivity index (χ1n) is 7.95. The van der Waals surface area contributed by atoms with Crippen LogP contribution in [0.2, 0.25) is 0 Å². The highest BCUT2D eigenvalue weighted by Crippen LogP contribution is 2.24. The number of rotatable bonds is 5. The van der Waals surface area contributed by atoms with Gasteiger partial charge in [0.1, 0.15) is 0 Å². The van der Waals surface area contributed by atoms with Crippen LogP contribution in [0.5, 0.6) is 0 Å². The first-order valence-corrected chi connectivity index (χ1v) is 7.95. The van der Waals surface area contributed by atoms with Crippen molar-refractivity contribution >= 4 is 0 Å². The third-order valence-corrected chi connectivity index (χ3v) is 4.38. The molecule has 1 aromatic heterocycles. The molecule has 4 nitrogen and oxygen atoms in total. The average Bonchev–Trinajstić information content (AvgIpc) is 2.89. The topological polar surface area (TPSA) is 33.1 Å². The van der Waals surface area contributed by atoms with E-state index in [-0.39, 0.29) is 0 Å². The lowest BCUT2D eigenvalue weighted by Gasteiger charge is -2.45. The summed E-state index contributed by atoms with van der Waals surface area (Å²) in [6.07, 6.45) is 6.45. The summed E-state index contributed by atoms with van der Waals surface area (Å²) in [5, 5.41) is 8.07. The Morgan fingerprint density at radius 2 is 2.10 bits per heavy atom. The van der Waals surface area contributed by atoms with Crippen LogP contribution in [-0.4, -0.2) is 46.4 Å². The minimum Gasteiger partial charge on any atom is -0.311 e. The molecule has 1 saturated heterocycles. The Morgan fingerprint density at radius 1 is 1.30 bits per heavy atom. The molecule has 2 unspecified atom stereocenters. The maximum atomic E-state index is 4.31. The predicted molar refractivity (Wildman–Crippen MR) is 83.7 cm³/mol. The Labute approximate surface area is 123 Å². The lowest BCUT2D eigenvalue weighted by molar-refractivity contribution is 0.0771. The van der Waals surface area contributed by atoms with Crippen molar-refractivity contribution in [2.24, 2.45) is 5.41 Å². The van der Waals surface area contributed by atoms with E-state index in [0.717, 1.165) is 26.2 Å².